The average Bonchev–Trinajstić information content (AvgIpc) is 2.36. The van der Waals surface area contributed by atoms with E-state index in [1.54, 1.807) is 0 Å². The Balaban J connectivity index is 3.59. The van der Waals surface area contributed by atoms with Gasteiger partial charge in [-0.05, 0) is 12.1 Å². The fourth-order valence-electron chi connectivity index (χ4n) is 1.45. The van der Waals surface area contributed by atoms with Crippen molar-refractivity contribution in [3.63, 3.8) is 0 Å². The molecule has 1 aromatic carbocycles. The molecule has 0 spiro atoms. The highest BCUT2D eigenvalue weighted by Crippen LogP contribution is 2.38. The molecule has 0 aliphatic carbocycles. The first-order valence-corrected chi connectivity index (χ1v) is 4.91. The van der Waals surface area contributed by atoms with E-state index in [1.165, 1.54) is 0 Å². The summed E-state index contributed by atoms with van der Waals surface area (Å²) in [5.74, 6) is -2.92. The number of rotatable bonds is 6. The minimum absolute atomic E-state index is 0.0294. The van der Waals surface area contributed by atoms with E-state index in [0.29, 0.717) is 0 Å². The normalized spacial score (nSPS) is 12.0. The van der Waals surface area contributed by atoms with Crippen LogP contribution < -0.4 is 4.74 Å². The second kappa shape index (κ2) is 6.02. The summed E-state index contributed by atoms with van der Waals surface area (Å²) in [5.41, 5.74) is -2.55. The number of aliphatic hydroxyl groups excluding tert-OH is 1. The molecule has 20 heavy (non-hydrogen) atoms. The quantitative estimate of drug-likeness (QED) is 0.456. The molecule has 0 saturated heterocycles. The molecule has 1 atom stereocenters. The number of nitrogens with zero attached hydrogens (tertiary/aromatic N) is 1. The van der Waals surface area contributed by atoms with E-state index in [-0.39, 0.29) is 6.29 Å². The standard InChI is InChI=1S/C10H7F2NO7/c11-10(12)20-8-4(3-14)1-2-5(6(8)13(18)19)7(15)9(16)17/h1-3,7,10,15H,(H,16,17). The number of hydrogen-bond donors (Lipinski definition) is 2. The molecule has 0 radical (unpaired) electrons. The van der Waals surface area contributed by atoms with Crippen LogP contribution in [0.5, 0.6) is 5.75 Å². The fourth-order valence-corrected chi connectivity index (χ4v) is 1.45. The lowest BCUT2D eigenvalue weighted by atomic mass is 10.0. The van der Waals surface area contributed by atoms with Gasteiger partial charge in [-0.25, -0.2) is 4.79 Å². The summed E-state index contributed by atoms with van der Waals surface area (Å²) in [4.78, 5) is 31.0. The molecule has 0 saturated carbocycles. The van der Waals surface area contributed by atoms with Gasteiger partial charge >= 0.3 is 18.3 Å². The predicted molar refractivity (Wildman–Crippen MR) is 57.7 cm³/mol. The highest BCUT2D eigenvalue weighted by atomic mass is 19.3. The molecule has 0 fully saturated rings. The van der Waals surface area contributed by atoms with Crippen molar-refractivity contribution in [3.05, 3.63) is 33.4 Å². The molecule has 8 nitrogen and oxygen atoms in total. The van der Waals surface area contributed by atoms with E-state index in [2.05, 4.69) is 4.74 Å². The summed E-state index contributed by atoms with van der Waals surface area (Å²) >= 11 is 0. The zero-order valence-electron chi connectivity index (χ0n) is 9.53. The Kier molecular flexibility index (Phi) is 4.64. The number of carbonyl (C=O) groups is 2. The molecule has 0 heterocycles. The van der Waals surface area contributed by atoms with Gasteiger partial charge in [-0.15, -0.1) is 0 Å². The van der Waals surface area contributed by atoms with Crippen molar-refractivity contribution in [1.29, 1.82) is 0 Å². The second-order valence-corrected chi connectivity index (χ2v) is 3.42. The number of halogens is 2. The number of alkyl halides is 2. The van der Waals surface area contributed by atoms with Crippen LogP contribution in [-0.2, 0) is 4.79 Å². The maximum atomic E-state index is 12.2. The van der Waals surface area contributed by atoms with Gasteiger partial charge in [0.2, 0.25) is 5.75 Å². The van der Waals surface area contributed by atoms with Gasteiger partial charge in [0.05, 0.1) is 16.1 Å². The average molecular weight is 291 g/mol. The molecule has 2 N–H and O–H groups in total. The van der Waals surface area contributed by atoms with Gasteiger partial charge in [0.25, 0.3) is 0 Å². The minimum Gasteiger partial charge on any atom is -0.479 e. The van der Waals surface area contributed by atoms with E-state index < -0.39 is 46.2 Å². The first-order chi connectivity index (χ1) is 9.29. The summed E-state index contributed by atoms with van der Waals surface area (Å²) in [5, 5.41) is 28.8. The van der Waals surface area contributed by atoms with Gasteiger partial charge in [0.1, 0.15) is 0 Å². The Hall–Kier alpha value is -2.62. The van der Waals surface area contributed by atoms with Gasteiger partial charge in [-0.1, -0.05) is 0 Å². The van der Waals surface area contributed by atoms with Gasteiger partial charge < -0.3 is 14.9 Å². The maximum Gasteiger partial charge on any atom is 0.387 e. The number of carboxylic acid groups (broad SMARTS) is 1. The summed E-state index contributed by atoms with van der Waals surface area (Å²) in [6.45, 7) is -3.47. The largest absolute Gasteiger partial charge is 0.479 e. The van der Waals surface area contributed by atoms with E-state index in [9.17, 15) is 33.6 Å². The number of hydrogen-bond acceptors (Lipinski definition) is 6. The molecule has 0 aromatic heterocycles. The number of benzene rings is 1. The van der Waals surface area contributed by atoms with Crippen LogP contribution in [-0.4, -0.2) is 34.0 Å². The molecule has 10 heteroatoms. The number of nitro benzene ring substituents is 1. The number of aldehydes is 1. The van der Waals surface area contributed by atoms with Crippen LogP contribution in [0.4, 0.5) is 14.5 Å². The van der Waals surface area contributed by atoms with Crippen molar-refractivity contribution in [2.45, 2.75) is 12.7 Å². The van der Waals surface area contributed by atoms with Gasteiger partial charge in [-0.3, -0.25) is 14.9 Å². The summed E-state index contributed by atoms with van der Waals surface area (Å²) in [6, 6.07) is 1.61. The summed E-state index contributed by atoms with van der Waals surface area (Å²) in [7, 11) is 0. The lowest BCUT2D eigenvalue weighted by Gasteiger charge is -2.12. The van der Waals surface area contributed by atoms with Crippen molar-refractivity contribution in [1.82, 2.24) is 0 Å². The highest BCUT2D eigenvalue weighted by molar-refractivity contribution is 5.85. The molecule has 1 rings (SSSR count). The lowest BCUT2D eigenvalue weighted by Crippen LogP contribution is -2.15. The van der Waals surface area contributed by atoms with Crippen LogP contribution in [0, 0.1) is 10.1 Å². The highest BCUT2D eigenvalue weighted by Gasteiger charge is 2.32. The van der Waals surface area contributed by atoms with E-state index in [1.807, 2.05) is 0 Å². The van der Waals surface area contributed by atoms with E-state index in [4.69, 9.17) is 5.11 Å². The Morgan fingerprint density at radius 2 is 2.05 bits per heavy atom. The molecule has 0 aliphatic heterocycles. The SMILES string of the molecule is O=Cc1ccc(C(O)C(=O)O)c([N+](=O)[O-])c1OC(F)F. The number of carbonyl (C=O) groups excluding carboxylic acids is 1. The summed E-state index contributed by atoms with van der Waals surface area (Å²) < 4.78 is 28.4. The Bertz CT molecular complexity index is 561. The fraction of sp³-hybridized carbons (Fsp3) is 0.200. The number of nitro groups is 1. The van der Waals surface area contributed by atoms with Crippen LogP contribution in [0.2, 0.25) is 0 Å². The zero-order chi connectivity index (χ0) is 15.4. The molecule has 108 valence electrons. The van der Waals surface area contributed by atoms with E-state index >= 15 is 0 Å². The summed E-state index contributed by atoms with van der Waals surface area (Å²) in [6.07, 6.45) is -2.29. The molecule has 0 bridgehead atoms. The van der Waals surface area contributed by atoms with Crippen LogP contribution in [0.3, 0.4) is 0 Å². The van der Waals surface area contributed by atoms with Gasteiger partial charge in [0, 0.05) is 0 Å². The van der Waals surface area contributed by atoms with Crippen molar-refractivity contribution >= 4 is 17.9 Å². The monoisotopic (exact) mass is 291 g/mol. The molecule has 1 aromatic rings. The number of aliphatic hydroxyl groups is 1. The van der Waals surface area contributed by atoms with Crippen LogP contribution in [0.25, 0.3) is 0 Å². The smallest absolute Gasteiger partial charge is 0.387 e. The predicted octanol–water partition coefficient (Wildman–Crippen LogP) is 1.13. The minimum atomic E-state index is -3.47. The van der Waals surface area contributed by atoms with Crippen LogP contribution >= 0.6 is 0 Å². The van der Waals surface area contributed by atoms with Crippen LogP contribution in [0.15, 0.2) is 12.1 Å². The van der Waals surface area contributed by atoms with Gasteiger partial charge in [0.15, 0.2) is 12.4 Å². The molecule has 1 unspecified atom stereocenters. The molecular weight excluding hydrogens is 284 g/mol. The van der Waals surface area contributed by atoms with Crippen molar-refractivity contribution in [2.75, 3.05) is 0 Å². The lowest BCUT2D eigenvalue weighted by molar-refractivity contribution is -0.387. The number of ether oxygens (including phenoxy) is 1. The Morgan fingerprint density at radius 1 is 1.45 bits per heavy atom. The molecular formula is C10H7F2NO7. The third kappa shape index (κ3) is 3.03. The topological polar surface area (TPSA) is 127 Å². The zero-order valence-corrected chi connectivity index (χ0v) is 9.53. The van der Waals surface area contributed by atoms with Gasteiger partial charge in [-0.2, -0.15) is 8.78 Å². The Morgan fingerprint density at radius 3 is 2.45 bits per heavy atom. The van der Waals surface area contributed by atoms with Crippen molar-refractivity contribution in [2.24, 2.45) is 0 Å². The third-order valence-corrected chi connectivity index (χ3v) is 2.24. The number of aliphatic carboxylic acids is 1. The maximum absolute atomic E-state index is 12.2. The van der Waals surface area contributed by atoms with Crippen molar-refractivity contribution in [3.8, 4) is 5.75 Å². The van der Waals surface area contributed by atoms with Crippen LogP contribution in [0.1, 0.15) is 22.0 Å². The molecule has 0 amide bonds. The first kappa shape index (κ1) is 15.4. The molecule has 0 aliphatic rings. The van der Waals surface area contributed by atoms with E-state index in [0.717, 1.165) is 12.1 Å². The third-order valence-electron chi connectivity index (χ3n) is 2.24. The second-order valence-electron chi connectivity index (χ2n) is 3.42. The van der Waals surface area contributed by atoms with Crippen molar-refractivity contribution < 1.29 is 38.2 Å². The Labute approximate surface area is 109 Å². The first-order valence-electron chi connectivity index (χ1n) is 4.91. The number of carboxylic acids is 1.